The van der Waals surface area contributed by atoms with Crippen LogP contribution in [0.5, 0.6) is 0 Å². The molecule has 10 heteroatoms. The van der Waals surface area contributed by atoms with Gasteiger partial charge in [-0.15, -0.1) is 0 Å². The van der Waals surface area contributed by atoms with E-state index >= 15 is 0 Å². The summed E-state index contributed by atoms with van der Waals surface area (Å²) >= 11 is 0. The van der Waals surface area contributed by atoms with Crippen LogP contribution in [0, 0.1) is 0 Å². The molecule has 1 saturated carbocycles. The van der Waals surface area contributed by atoms with Gasteiger partial charge in [0.15, 0.2) is 5.65 Å². The zero-order valence-corrected chi connectivity index (χ0v) is 14.6. The van der Waals surface area contributed by atoms with Crippen LogP contribution in [0.15, 0.2) is 24.7 Å². The van der Waals surface area contributed by atoms with E-state index in [0.717, 1.165) is 24.2 Å². The molecule has 4 bridgehead atoms. The van der Waals surface area contributed by atoms with E-state index in [4.69, 9.17) is 4.74 Å². The Balaban J connectivity index is 1.64. The Bertz CT molecular complexity index is 1030. The molecule has 10 nitrogen and oxygen atoms in total. The standard InChI is InChI=1S/C17H18N8O2/c1-18-12-5-14-21-9-4-10(24-20-6-9)7-27-13-3-2-11(13)22-17(26)25-8-19-15(12)16(25)23-14/h4-6,8,11,13H,2-3,7H2,1H3,(H,22,26)(H2,18,21,23)/t11-,13-/m1/s1. The van der Waals surface area contributed by atoms with E-state index < -0.39 is 0 Å². The molecule has 0 unspecified atom stereocenters. The summed E-state index contributed by atoms with van der Waals surface area (Å²) in [6, 6.07) is 3.41. The van der Waals surface area contributed by atoms with Crippen molar-refractivity contribution >= 4 is 34.4 Å². The molecule has 0 spiro atoms. The Morgan fingerprint density at radius 2 is 2.26 bits per heavy atom. The number of anilines is 3. The Labute approximate surface area is 154 Å². The number of nitrogens with zero attached hydrogens (tertiary/aromatic N) is 5. The second-order valence-corrected chi connectivity index (χ2v) is 6.64. The van der Waals surface area contributed by atoms with Gasteiger partial charge in [-0.05, 0) is 18.9 Å². The smallest absolute Gasteiger partial charge is 0.328 e. The molecule has 2 aliphatic rings. The van der Waals surface area contributed by atoms with Gasteiger partial charge in [0.2, 0.25) is 0 Å². The molecule has 5 rings (SSSR count). The van der Waals surface area contributed by atoms with E-state index in [2.05, 4.69) is 36.1 Å². The lowest BCUT2D eigenvalue weighted by Gasteiger charge is -2.36. The molecule has 1 aliphatic heterocycles. The molecule has 3 N–H and O–H groups in total. The molecule has 0 saturated heterocycles. The number of aromatic nitrogens is 5. The molecule has 27 heavy (non-hydrogen) atoms. The molecule has 4 heterocycles. The molecule has 1 fully saturated rings. The third-order valence-corrected chi connectivity index (χ3v) is 4.94. The van der Waals surface area contributed by atoms with Gasteiger partial charge in [0.05, 0.1) is 42.0 Å². The minimum atomic E-state index is -0.266. The van der Waals surface area contributed by atoms with Crippen LogP contribution >= 0.6 is 0 Å². The van der Waals surface area contributed by atoms with Crippen LogP contribution in [0.1, 0.15) is 18.5 Å². The highest BCUT2D eigenvalue weighted by molar-refractivity contribution is 5.94. The third kappa shape index (κ3) is 2.74. The number of carbonyl (C=O) groups is 1. The van der Waals surface area contributed by atoms with Gasteiger partial charge >= 0.3 is 6.03 Å². The lowest BCUT2D eigenvalue weighted by Crippen LogP contribution is -2.52. The van der Waals surface area contributed by atoms with E-state index in [-0.39, 0.29) is 18.2 Å². The Hall–Kier alpha value is -3.27. The summed E-state index contributed by atoms with van der Waals surface area (Å²) in [4.78, 5) is 21.7. The molecular formula is C17H18N8O2. The number of nitrogens with one attached hydrogen (secondary N) is 3. The van der Waals surface area contributed by atoms with Gasteiger partial charge in [-0.25, -0.2) is 19.3 Å². The summed E-state index contributed by atoms with van der Waals surface area (Å²) in [7, 11) is 1.80. The Morgan fingerprint density at radius 3 is 3.07 bits per heavy atom. The van der Waals surface area contributed by atoms with Crippen molar-refractivity contribution in [3.05, 3.63) is 30.4 Å². The normalized spacial score (nSPS) is 21.6. The van der Waals surface area contributed by atoms with Crippen LogP contribution in [0.4, 0.5) is 22.0 Å². The molecule has 1 aliphatic carbocycles. The highest BCUT2D eigenvalue weighted by atomic mass is 16.5. The highest BCUT2D eigenvalue weighted by Gasteiger charge is 2.34. The predicted octanol–water partition coefficient (Wildman–Crippen LogP) is 1.63. The summed E-state index contributed by atoms with van der Waals surface area (Å²) in [5, 5.41) is 17.5. The maximum atomic E-state index is 12.8. The van der Waals surface area contributed by atoms with Crippen LogP contribution in [-0.4, -0.2) is 50.0 Å². The van der Waals surface area contributed by atoms with Crippen molar-refractivity contribution in [2.24, 2.45) is 0 Å². The maximum absolute atomic E-state index is 12.8. The van der Waals surface area contributed by atoms with E-state index in [1.165, 1.54) is 10.9 Å². The van der Waals surface area contributed by atoms with Crippen molar-refractivity contribution < 1.29 is 9.53 Å². The Kier molecular flexibility index (Phi) is 3.64. The summed E-state index contributed by atoms with van der Waals surface area (Å²) in [6.45, 7) is 0.337. The molecule has 138 valence electrons. The first-order valence-corrected chi connectivity index (χ1v) is 8.78. The van der Waals surface area contributed by atoms with E-state index in [1.807, 2.05) is 12.1 Å². The molecule has 2 atom stereocenters. The zero-order chi connectivity index (χ0) is 18.4. The van der Waals surface area contributed by atoms with Gasteiger partial charge < -0.3 is 20.7 Å². The van der Waals surface area contributed by atoms with Gasteiger partial charge in [0.25, 0.3) is 0 Å². The summed E-state index contributed by atoms with van der Waals surface area (Å²) in [5.74, 6) is 0.569. The lowest BCUT2D eigenvalue weighted by molar-refractivity contribution is -0.0337. The summed E-state index contributed by atoms with van der Waals surface area (Å²) in [6.07, 6.45) is 4.84. The number of rotatable bonds is 1. The van der Waals surface area contributed by atoms with E-state index in [0.29, 0.717) is 29.3 Å². The van der Waals surface area contributed by atoms with Crippen molar-refractivity contribution in [1.29, 1.82) is 0 Å². The number of hydrogen-bond acceptors (Lipinski definition) is 8. The number of fused-ring (bicyclic) bond motifs is 4. The third-order valence-electron chi connectivity index (χ3n) is 4.94. The average molecular weight is 366 g/mol. The molecule has 3 aromatic heterocycles. The SMILES string of the molecule is CNc1cc2nc3c1ncn3C(=O)N[C@@H]1CC[C@H]1OCc1cc(cnn1)N2. The number of amides is 1. The van der Waals surface area contributed by atoms with E-state index in [1.54, 1.807) is 13.2 Å². The van der Waals surface area contributed by atoms with Gasteiger partial charge in [0, 0.05) is 13.1 Å². The second kappa shape index (κ2) is 6.16. The Morgan fingerprint density at radius 1 is 1.33 bits per heavy atom. The summed E-state index contributed by atoms with van der Waals surface area (Å²) in [5.41, 5.74) is 3.33. The quantitative estimate of drug-likeness (QED) is 0.594. The number of imidazole rings is 1. The largest absolute Gasteiger partial charge is 0.386 e. The maximum Gasteiger partial charge on any atom is 0.328 e. The first-order chi connectivity index (χ1) is 13.2. The van der Waals surface area contributed by atoms with Gasteiger partial charge in [-0.3, -0.25) is 0 Å². The molecule has 0 aromatic carbocycles. The fourth-order valence-electron chi connectivity index (χ4n) is 3.35. The fourth-order valence-corrected chi connectivity index (χ4v) is 3.35. The number of ether oxygens (including phenoxy) is 1. The average Bonchev–Trinajstić information content (AvgIpc) is 3.08. The molecule has 1 amide bonds. The number of pyridine rings is 1. The first kappa shape index (κ1) is 15.9. The van der Waals surface area contributed by atoms with E-state index in [9.17, 15) is 4.79 Å². The molecular weight excluding hydrogens is 348 g/mol. The van der Waals surface area contributed by atoms with Crippen LogP contribution in [0.3, 0.4) is 0 Å². The summed E-state index contributed by atoms with van der Waals surface area (Å²) < 4.78 is 7.35. The molecule has 3 aromatic rings. The topological polar surface area (TPSA) is 119 Å². The highest BCUT2D eigenvalue weighted by Crippen LogP contribution is 2.28. The lowest BCUT2D eigenvalue weighted by atomic mass is 9.89. The minimum absolute atomic E-state index is 0.0403. The number of hydrogen-bond donors (Lipinski definition) is 3. The van der Waals surface area contributed by atoms with Gasteiger partial charge in [0.1, 0.15) is 17.7 Å². The predicted molar refractivity (Wildman–Crippen MR) is 97.9 cm³/mol. The van der Waals surface area contributed by atoms with Crippen LogP contribution < -0.4 is 16.0 Å². The zero-order valence-electron chi connectivity index (χ0n) is 14.6. The van der Waals surface area contributed by atoms with Crippen LogP contribution in [0.2, 0.25) is 0 Å². The minimum Gasteiger partial charge on any atom is -0.386 e. The first-order valence-electron chi connectivity index (χ1n) is 8.78. The van der Waals surface area contributed by atoms with Gasteiger partial charge in [-0.1, -0.05) is 0 Å². The van der Waals surface area contributed by atoms with Crippen LogP contribution in [-0.2, 0) is 11.3 Å². The van der Waals surface area contributed by atoms with Crippen molar-refractivity contribution in [1.82, 2.24) is 30.0 Å². The fraction of sp³-hybridized carbons (Fsp3) is 0.353. The van der Waals surface area contributed by atoms with Crippen molar-refractivity contribution in [2.45, 2.75) is 31.6 Å². The van der Waals surface area contributed by atoms with Crippen molar-refractivity contribution in [3.8, 4) is 0 Å². The van der Waals surface area contributed by atoms with Crippen molar-refractivity contribution in [2.75, 3.05) is 17.7 Å². The molecule has 0 radical (unpaired) electrons. The second-order valence-electron chi connectivity index (χ2n) is 6.64. The van der Waals surface area contributed by atoms with Gasteiger partial charge in [-0.2, -0.15) is 10.2 Å². The number of carbonyl (C=O) groups excluding carboxylic acids is 1. The van der Waals surface area contributed by atoms with Crippen LogP contribution in [0.25, 0.3) is 11.2 Å². The monoisotopic (exact) mass is 366 g/mol. The van der Waals surface area contributed by atoms with Crippen molar-refractivity contribution in [3.63, 3.8) is 0 Å².